The molecule has 0 bridgehead atoms. The topological polar surface area (TPSA) is 93.8 Å². The summed E-state index contributed by atoms with van der Waals surface area (Å²) >= 11 is 0. The molecule has 0 saturated carbocycles. The summed E-state index contributed by atoms with van der Waals surface area (Å²) in [6, 6.07) is 6.04. The number of benzene rings is 1. The van der Waals surface area contributed by atoms with Crippen molar-refractivity contribution in [3.05, 3.63) is 59.2 Å². The van der Waals surface area contributed by atoms with Crippen molar-refractivity contribution in [2.75, 3.05) is 5.32 Å². The van der Waals surface area contributed by atoms with Crippen molar-refractivity contribution in [3.8, 4) is 0 Å². The summed E-state index contributed by atoms with van der Waals surface area (Å²) in [6.07, 6.45) is -3.01. The zero-order chi connectivity index (χ0) is 19.8. The van der Waals surface area contributed by atoms with E-state index >= 15 is 0 Å². The molecule has 1 atom stereocenters. The second-order valence-electron chi connectivity index (χ2n) is 6.06. The van der Waals surface area contributed by atoms with Gasteiger partial charge in [0.2, 0.25) is 0 Å². The van der Waals surface area contributed by atoms with Crippen molar-refractivity contribution in [2.45, 2.75) is 26.1 Å². The number of anilines is 1. The highest BCUT2D eigenvalue weighted by molar-refractivity contribution is 5.97. The standard InChI is InChI=1S/C18H16F3N5O/c1-9(11-4-3-5-12(6-11)18(19,20)21)24-17-13-7-14(16(22)27)23-8-15(13)25-10(2)26-17/h3-9H,1-2H3,(H2,22,27)(H,24,25,26). The summed E-state index contributed by atoms with van der Waals surface area (Å²) < 4.78 is 38.8. The third-order valence-electron chi connectivity index (χ3n) is 4.01. The third-order valence-corrected chi connectivity index (χ3v) is 4.01. The number of aromatic nitrogens is 3. The van der Waals surface area contributed by atoms with Crippen LogP contribution in [0.1, 0.15) is 40.4 Å². The maximum Gasteiger partial charge on any atom is 0.416 e. The maximum absolute atomic E-state index is 12.9. The van der Waals surface area contributed by atoms with E-state index in [4.69, 9.17) is 5.73 Å². The largest absolute Gasteiger partial charge is 0.416 e. The molecule has 140 valence electrons. The Morgan fingerprint density at radius 2 is 1.96 bits per heavy atom. The minimum atomic E-state index is -4.42. The molecule has 2 aromatic heterocycles. The van der Waals surface area contributed by atoms with Gasteiger partial charge in [-0.05, 0) is 37.6 Å². The quantitative estimate of drug-likeness (QED) is 0.726. The van der Waals surface area contributed by atoms with E-state index in [2.05, 4.69) is 20.3 Å². The highest BCUT2D eigenvalue weighted by atomic mass is 19.4. The zero-order valence-corrected chi connectivity index (χ0v) is 14.5. The number of alkyl halides is 3. The molecule has 3 rings (SSSR count). The molecule has 1 amide bonds. The highest BCUT2D eigenvalue weighted by Gasteiger charge is 2.30. The predicted octanol–water partition coefficient (Wildman–Crippen LogP) is 3.62. The van der Waals surface area contributed by atoms with E-state index in [0.717, 1.165) is 12.1 Å². The van der Waals surface area contributed by atoms with Crippen LogP contribution in [0.15, 0.2) is 36.5 Å². The number of rotatable bonds is 4. The molecule has 0 radical (unpaired) electrons. The molecule has 3 N–H and O–H groups in total. The second-order valence-corrected chi connectivity index (χ2v) is 6.06. The Labute approximate surface area is 152 Å². The monoisotopic (exact) mass is 375 g/mol. The molecule has 27 heavy (non-hydrogen) atoms. The van der Waals surface area contributed by atoms with Gasteiger partial charge < -0.3 is 11.1 Å². The van der Waals surface area contributed by atoms with E-state index in [0.29, 0.717) is 28.1 Å². The van der Waals surface area contributed by atoms with Gasteiger partial charge in [0, 0.05) is 11.4 Å². The Morgan fingerprint density at radius 1 is 1.22 bits per heavy atom. The molecule has 0 saturated heterocycles. The number of primary amides is 1. The van der Waals surface area contributed by atoms with E-state index in [9.17, 15) is 18.0 Å². The van der Waals surface area contributed by atoms with Crippen LogP contribution in [0.3, 0.4) is 0 Å². The maximum atomic E-state index is 12.9. The molecule has 0 aliphatic carbocycles. The van der Waals surface area contributed by atoms with E-state index in [1.165, 1.54) is 18.3 Å². The van der Waals surface area contributed by atoms with E-state index in [1.54, 1.807) is 19.9 Å². The molecule has 0 fully saturated rings. The second kappa shape index (κ2) is 6.82. The average Bonchev–Trinajstić information content (AvgIpc) is 2.60. The number of hydrogen-bond acceptors (Lipinski definition) is 5. The Balaban J connectivity index is 2.00. The lowest BCUT2D eigenvalue weighted by molar-refractivity contribution is -0.137. The van der Waals surface area contributed by atoms with Crippen molar-refractivity contribution in [1.29, 1.82) is 0 Å². The van der Waals surface area contributed by atoms with E-state index in [-0.39, 0.29) is 5.69 Å². The summed E-state index contributed by atoms with van der Waals surface area (Å²) in [7, 11) is 0. The fourth-order valence-electron chi connectivity index (χ4n) is 2.67. The number of nitrogens with zero attached hydrogens (tertiary/aromatic N) is 3. The first-order valence-corrected chi connectivity index (χ1v) is 8.03. The van der Waals surface area contributed by atoms with Crippen LogP contribution in [0.25, 0.3) is 10.9 Å². The molecule has 0 spiro atoms. The van der Waals surface area contributed by atoms with E-state index < -0.39 is 23.7 Å². The lowest BCUT2D eigenvalue weighted by Gasteiger charge is -2.18. The first kappa shape index (κ1) is 18.6. The lowest BCUT2D eigenvalue weighted by atomic mass is 10.0. The van der Waals surface area contributed by atoms with E-state index in [1.807, 2.05) is 0 Å². The van der Waals surface area contributed by atoms with Crippen LogP contribution in [-0.2, 0) is 6.18 Å². The molecular formula is C18H16F3N5O. The molecule has 2 heterocycles. The molecule has 0 aliphatic heterocycles. The first-order valence-electron chi connectivity index (χ1n) is 8.03. The van der Waals surface area contributed by atoms with Gasteiger partial charge in [0.15, 0.2) is 0 Å². The molecule has 1 unspecified atom stereocenters. The minimum absolute atomic E-state index is 0.0460. The molecule has 3 aromatic rings. The van der Waals surface area contributed by atoms with Crippen LogP contribution in [0.2, 0.25) is 0 Å². The highest BCUT2D eigenvalue weighted by Crippen LogP contribution is 2.32. The van der Waals surface area contributed by atoms with Crippen molar-refractivity contribution in [2.24, 2.45) is 5.73 Å². The van der Waals surface area contributed by atoms with Crippen LogP contribution in [0, 0.1) is 6.92 Å². The van der Waals surface area contributed by atoms with Gasteiger partial charge in [-0.25, -0.2) is 15.0 Å². The number of carbonyl (C=O) groups is 1. The van der Waals surface area contributed by atoms with Gasteiger partial charge in [-0.3, -0.25) is 4.79 Å². The Kier molecular flexibility index (Phi) is 4.69. The number of carbonyl (C=O) groups excluding carboxylic acids is 1. The van der Waals surface area contributed by atoms with Gasteiger partial charge in [0.1, 0.15) is 17.3 Å². The Bertz CT molecular complexity index is 1020. The number of pyridine rings is 1. The van der Waals surface area contributed by atoms with Gasteiger partial charge in [0.05, 0.1) is 17.3 Å². The van der Waals surface area contributed by atoms with Crippen molar-refractivity contribution >= 4 is 22.6 Å². The number of aryl methyl sites for hydroxylation is 1. The summed E-state index contributed by atoms with van der Waals surface area (Å²) in [5.41, 5.74) is 5.52. The molecule has 1 aromatic carbocycles. The van der Waals surface area contributed by atoms with Gasteiger partial charge in [0.25, 0.3) is 5.91 Å². The van der Waals surface area contributed by atoms with Crippen molar-refractivity contribution < 1.29 is 18.0 Å². The van der Waals surface area contributed by atoms with Gasteiger partial charge >= 0.3 is 6.18 Å². The average molecular weight is 375 g/mol. The fraction of sp³-hybridized carbons (Fsp3) is 0.222. The number of fused-ring (bicyclic) bond motifs is 1. The molecular weight excluding hydrogens is 359 g/mol. The first-order chi connectivity index (χ1) is 12.6. The minimum Gasteiger partial charge on any atom is -0.364 e. The van der Waals surface area contributed by atoms with Crippen LogP contribution in [-0.4, -0.2) is 20.9 Å². The molecule has 0 aliphatic rings. The number of nitrogens with two attached hydrogens (primary N) is 1. The van der Waals surface area contributed by atoms with Gasteiger partial charge in [-0.2, -0.15) is 13.2 Å². The summed E-state index contributed by atoms with van der Waals surface area (Å²) in [4.78, 5) is 23.9. The molecule has 6 nitrogen and oxygen atoms in total. The lowest BCUT2D eigenvalue weighted by Crippen LogP contribution is -2.14. The summed E-state index contributed by atoms with van der Waals surface area (Å²) in [5, 5.41) is 3.59. The number of nitrogens with one attached hydrogen (secondary N) is 1. The van der Waals surface area contributed by atoms with Gasteiger partial charge in [-0.1, -0.05) is 12.1 Å². The third kappa shape index (κ3) is 3.97. The number of amides is 1. The number of halogens is 3. The summed E-state index contributed by atoms with van der Waals surface area (Å²) in [5.74, 6) is 0.136. The van der Waals surface area contributed by atoms with Crippen molar-refractivity contribution in [1.82, 2.24) is 15.0 Å². The Morgan fingerprint density at radius 3 is 2.63 bits per heavy atom. The van der Waals surface area contributed by atoms with Crippen molar-refractivity contribution in [3.63, 3.8) is 0 Å². The SMILES string of the molecule is Cc1nc(NC(C)c2cccc(C(F)(F)F)c2)c2cc(C(N)=O)ncc2n1. The predicted molar refractivity (Wildman–Crippen MR) is 94.1 cm³/mol. The zero-order valence-electron chi connectivity index (χ0n) is 14.5. The fourth-order valence-corrected chi connectivity index (χ4v) is 2.67. The summed E-state index contributed by atoms with van der Waals surface area (Å²) in [6.45, 7) is 3.40. The van der Waals surface area contributed by atoms with Crippen LogP contribution in [0.5, 0.6) is 0 Å². The smallest absolute Gasteiger partial charge is 0.364 e. The van der Waals surface area contributed by atoms with Crippen LogP contribution < -0.4 is 11.1 Å². The van der Waals surface area contributed by atoms with Crippen LogP contribution >= 0.6 is 0 Å². The van der Waals surface area contributed by atoms with Gasteiger partial charge in [-0.15, -0.1) is 0 Å². The Hall–Kier alpha value is -3.23. The normalized spacial score (nSPS) is 12.8. The van der Waals surface area contributed by atoms with Crippen LogP contribution in [0.4, 0.5) is 19.0 Å². The molecule has 9 heteroatoms. The number of hydrogen-bond donors (Lipinski definition) is 2.